The number of ether oxygens (including phenoxy) is 1. The lowest BCUT2D eigenvalue weighted by molar-refractivity contribution is 0.0696. The van der Waals surface area contributed by atoms with Crippen LogP contribution < -0.4 is 10.6 Å². The minimum atomic E-state index is -0.888. The average Bonchev–Trinajstić information content (AvgIpc) is 2.42. The Bertz CT molecular complexity index is 470. The van der Waals surface area contributed by atoms with E-state index in [1.807, 2.05) is 13.0 Å². The van der Waals surface area contributed by atoms with Gasteiger partial charge in [0.15, 0.2) is 0 Å². The Kier molecular flexibility index (Phi) is 4.98. The molecular formula is C15H22N2O3. The first-order chi connectivity index (χ1) is 9.58. The first kappa shape index (κ1) is 14.8. The maximum absolute atomic E-state index is 11.1. The number of hydrogen-bond acceptors (Lipinski definition) is 4. The summed E-state index contributed by atoms with van der Waals surface area (Å²) in [5.41, 5.74) is 2.01. The molecule has 110 valence electrons. The van der Waals surface area contributed by atoms with E-state index in [1.165, 1.54) is 0 Å². The summed E-state index contributed by atoms with van der Waals surface area (Å²) in [5.74, 6) is -0.888. The van der Waals surface area contributed by atoms with Crippen molar-refractivity contribution in [2.24, 2.45) is 0 Å². The second kappa shape index (κ2) is 6.72. The van der Waals surface area contributed by atoms with Gasteiger partial charge < -0.3 is 20.5 Å². The second-order valence-electron chi connectivity index (χ2n) is 5.29. The fraction of sp³-hybridized carbons (Fsp3) is 0.533. The quantitative estimate of drug-likeness (QED) is 0.767. The number of rotatable bonds is 5. The van der Waals surface area contributed by atoms with Crippen molar-refractivity contribution < 1.29 is 14.6 Å². The standard InChI is InChI=1S/C15H22N2O3/c1-10(8-12-9-20-7-6-16-12)17-14-5-3-4-13(11(14)2)15(18)19/h3-5,10,12,16-17H,6-9H2,1-2H3,(H,18,19). The Morgan fingerprint density at radius 1 is 1.60 bits per heavy atom. The third-order valence-corrected chi connectivity index (χ3v) is 3.60. The average molecular weight is 278 g/mol. The molecule has 1 fully saturated rings. The van der Waals surface area contributed by atoms with E-state index in [4.69, 9.17) is 9.84 Å². The molecule has 0 spiro atoms. The van der Waals surface area contributed by atoms with Crippen LogP contribution in [0.2, 0.25) is 0 Å². The largest absolute Gasteiger partial charge is 0.478 e. The normalized spacial score (nSPS) is 20.4. The molecule has 5 nitrogen and oxygen atoms in total. The number of hydrogen-bond donors (Lipinski definition) is 3. The lowest BCUT2D eigenvalue weighted by atomic mass is 10.0. The number of aromatic carboxylic acids is 1. The van der Waals surface area contributed by atoms with Gasteiger partial charge in [-0.1, -0.05) is 6.07 Å². The third kappa shape index (κ3) is 3.71. The van der Waals surface area contributed by atoms with Crippen molar-refractivity contribution in [3.8, 4) is 0 Å². The van der Waals surface area contributed by atoms with Crippen LogP contribution >= 0.6 is 0 Å². The molecule has 0 bridgehead atoms. The molecule has 0 saturated carbocycles. The fourth-order valence-corrected chi connectivity index (χ4v) is 2.55. The van der Waals surface area contributed by atoms with Crippen molar-refractivity contribution in [2.45, 2.75) is 32.4 Å². The van der Waals surface area contributed by atoms with Crippen LogP contribution in [-0.2, 0) is 4.74 Å². The minimum absolute atomic E-state index is 0.247. The number of nitrogens with one attached hydrogen (secondary N) is 2. The summed E-state index contributed by atoms with van der Waals surface area (Å²) < 4.78 is 5.44. The lowest BCUT2D eigenvalue weighted by Crippen LogP contribution is -2.43. The molecule has 0 aromatic heterocycles. The molecule has 20 heavy (non-hydrogen) atoms. The van der Waals surface area contributed by atoms with Gasteiger partial charge in [-0.3, -0.25) is 0 Å². The van der Waals surface area contributed by atoms with Crippen LogP contribution in [0.1, 0.15) is 29.3 Å². The van der Waals surface area contributed by atoms with Crippen molar-refractivity contribution in [2.75, 3.05) is 25.1 Å². The summed E-state index contributed by atoms with van der Waals surface area (Å²) in [6.07, 6.45) is 0.941. The molecule has 1 aromatic carbocycles. The molecule has 0 radical (unpaired) electrons. The number of carbonyl (C=O) groups is 1. The van der Waals surface area contributed by atoms with Gasteiger partial charge in [0.25, 0.3) is 0 Å². The molecule has 2 rings (SSSR count). The topological polar surface area (TPSA) is 70.6 Å². The summed E-state index contributed by atoms with van der Waals surface area (Å²) in [5, 5.41) is 15.9. The summed E-state index contributed by atoms with van der Waals surface area (Å²) in [4.78, 5) is 11.1. The van der Waals surface area contributed by atoms with E-state index in [-0.39, 0.29) is 6.04 Å². The van der Waals surface area contributed by atoms with Crippen molar-refractivity contribution in [1.82, 2.24) is 5.32 Å². The van der Waals surface area contributed by atoms with Gasteiger partial charge in [0.1, 0.15) is 0 Å². The highest BCUT2D eigenvalue weighted by molar-refractivity contribution is 5.91. The summed E-state index contributed by atoms with van der Waals surface area (Å²) in [6, 6.07) is 5.92. The monoisotopic (exact) mass is 278 g/mol. The van der Waals surface area contributed by atoms with Gasteiger partial charge in [-0.15, -0.1) is 0 Å². The van der Waals surface area contributed by atoms with Crippen LogP contribution in [-0.4, -0.2) is 42.9 Å². The summed E-state index contributed by atoms with van der Waals surface area (Å²) in [6.45, 7) is 6.34. The number of anilines is 1. The highest BCUT2D eigenvalue weighted by atomic mass is 16.5. The summed E-state index contributed by atoms with van der Waals surface area (Å²) in [7, 11) is 0. The van der Waals surface area contributed by atoms with Crippen LogP contribution in [0, 0.1) is 6.92 Å². The third-order valence-electron chi connectivity index (χ3n) is 3.60. The number of morpholine rings is 1. The molecule has 1 saturated heterocycles. The number of benzene rings is 1. The Balaban J connectivity index is 1.98. The Labute approximate surface area is 119 Å². The van der Waals surface area contributed by atoms with Crippen molar-refractivity contribution in [1.29, 1.82) is 0 Å². The SMILES string of the molecule is Cc1c(NC(C)CC2COCCN2)cccc1C(=O)O. The molecule has 1 aromatic rings. The Hall–Kier alpha value is -1.59. The van der Waals surface area contributed by atoms with Gasteiger partial charge in [0, 0.05) is 24.3 Å². The zero-order valence-electron chi connectivity index (χ0n) is 12.0. The van der Waals surface area contributed by atoms with E-state index in [1.54, 1.807) is 12.1 Å². The number of carboxylic acid groups (broad SMARTS) is 1. The molecule has 5 heteroatoms. The van der Waals surface area contributed by atoms with Gasteiger partial charge in [-0.25, -0.2) is 4.79 Å². The predicted octanol–water partition coefficient (Wildman–Crippen LogP) is 1.87. The van der Waals surface area contributed by atoms with Gasteiger partial charge in [-0.2, -0.15) is 0 Å². The molecule has 2 unspecified atom stereocenters. The van der Waals surface area contributed by atoms with E-state index >= 15 is 0 Å². The molecule has 3 N–H and O–H groups in total. The van der Waals surface area contributed by atoms with Crippen molar-refractivity contribution in [3.63, 3.8) is 0 Å². The van der Waals surface area contributed by atoms with Crippen molar-refractivity contribution >= 4 is 11.7 Å². The first-order valence-corrected chi connectivity index (χ1v) is 6.98. The molecule has 2 atom stereocenters. The first-order valence-electron chi connectivity index (χ1n) is 6.98. The molecule has 1 heterocycles. The zero-order chi connectivity index (χ0) is 14.5. The Morgan fingerprint density at radius 3 is 3.05 bits per heavy atom. The summed E-state index contributed by atoms with van der Waals surface area (Å²) >= 11 is 0. The van der Waals surface area contributed by atoms with E-state index in [2.05, 4.69) is 17.6 Å². The van der Waals surface area contributed by atoms with E-state index in [0.717, 1.165) is 37.4 Å². The van der Waals surface area contributed by atoms with E-state index < -0.39 is 5.97 Å². The van der Waals surface area contributed by atoms with Crippen LogP contribution in [0.4, 0.5) is 5.69 Å². The highest BCUT2D eigenvalue weighted by Gasteiger charge is 2.17. The minimum Gasteiger partial charge on any atom is -0.478 e. The number of carboxylic acids is 1. The van der Waals surface area contributed by atoms with Gasteiger partial charge in [0.2, 0.25) is 0 Å². The molecular weight excluding hydrogens is 256 g/mol. The van der Waals surface area contributed by atoms with Gasteiger partial charge in [0.05, 0.1) is 18.8 Å². The van der Waals surface area contributed by atoms with E-state index in [0.29, 0.717) is 11.6 Å². The molecule has 1 aliphatic rings. The smallest absolute Gasteiger partial charge is 0.336 e. The van der Waals surface area contributed by atoms with Gasteiger partial charge in [-0.05, 0) is 38.0 Å². The molecule has 1 aliphatic heterocycles. The van der Waals surface area contributed by atoms with Crippen LogP contribution in [0.25, 0.3) is 0 Å². The maximum Gasteiger partial charge on any atom is 0.336 e. The van der Waals surface area contributed by atoms with Crippen molar-refractivity contribution in [3.05, 3.63) is 29.3 Å². The van der Waals surface area contributed by atoms with Crippen LogP contribution in [0.5, 0.6) is 0 Å². The fourth-order valence-electron chi connectivity index (χ4n) is 2.55. The molecule has 0 amide bonds. The maximum atomic E-state index is 11.1. The van der Waals surface area contributed by atoms with Crippen LogP contribution in [0.15, 0.2) is 18.2 Å². The lowest BCUT2D eigenvalue weighted by Gasteiger charge is -2.27. The van der Waals surface area contributed by atoms with E-state index in [9.17, 15) is 4.79 Å². The Morgan fingerprint density at radius 2 is 2.40 bits per heavy atom. The highest BCUT2D eigenvalue weighted by Crippen LogP contribution is 2.20. The second-order valence-corrected chi connectivity index (χ2v) is 5.29. The van der Waals surface area contributed by atoms with Gasteiger partial charge >= 0.3 is 5.97 Å². The predicted molar refractivity (Wildman–Crippen MR) is 78.4 cm³/mol. The zero-order valence-corrected chi connectivity index (χ0v) is 12.0. The molecule has 0 aliphatic carbocycles. The van der Waals surface area contributed by atoms with Crippen LogP contribution in [0.3, 0.4) is 0 Å².